The van der Waals surface area contributed by atoms with Gasteiger partial charge in [-0.15, -0.1) is 0 Å². The highest BCUT2D eigenvalue weighted by atomic mass is 16.4. The first-order valence-corrected chi connectivity index (χ1v) is 4.89. The minimum atomic E-state index is -0.921. The van der Waals surface area contributed by atoms with Gasteiger partial charge in [-0.05, 0) is 6.42 Å². The van der Waals surface area contributed by atoms with Crippen LogP contribution >= 0.6 is 0 Å². The molecule has 0 saturated heterocycles. The van der Waals surface area contributed by atoms with Crippen LogP contribution in [0.25, 0.3) is 0 Å². The van der Waals surface area contributed by atoms with Gasteiger partial charge in [0.05, 0.1) is 5.92 Å². The molecule has 4 heteroatoms. The van der Waals surface area contributed by atoms with Gasteiger partial charge in [0.2, 0.25) is 5.91 Å². The van der Waals surface area contributed by atoms with Gasteiger partial charge in [0.15, 0.2) is 0 Å². The molecule has 0 bridgehead atoms. The van der Waals surface area contributed by atoms with Crippen molar-refractivity contribution in [2.75, 3.05) is 13.6 Å². The molecule has 0 aliphatic heterocycles. The predicted octanol–water partition coefficient (Wildman–Crippen LogP) is 1.21. The molecule has 0 heterocycles. The van der Waals surface area contributed by atoms with E-state index in [2.05, 4.69) is 0 Å². The molecule has 1 amide bonds. The number of rotatable bonds is 5. The Morgan fingerprint density at radius 1 is 1.29 bits per heavy atom. The molecule has 0 aliphatic rings. The molecular weight excluding hydrogens is 182 g/mol. The van der Waals surface area contributed by atoms with Crippen LogP contribution in [0.1, 0.15) is 27.2 Å². The Morgan fingerprint density at radius 3 is 2.14 bits per heavy atom. The normalized spacial score (nSPS) is 14.6. The summed E-state index contributed by atoms with van der Waals surface area (Å²) in [5, 5.41) is 8.74. The van der Waals surface area contributed by atoms with Crippen LogP contribution in [0.15, 0.2) is 0 Å². The van der Waals surface area contributed by atoms with E-state index in [-0.39, 0.29) is 5.91 Å². The summed E-state index contributed by atoms with van der Waals surface area (Å²) in [4.78, 5) is 23.9. The molecule has 0 aromatic heterocycles. The Balaban J connectivity index is 4.30. The van der Waals surface area contributed by atoms with E-state index in [0.29, 0.717) is 6.54 Å². The molecule has 0 spiro atoms. The van der Waals surface area contributed by atoms with Crippen LogP contribution in [0.5, 0.6) is 0 Å². The molecular formula is C10H19NO3. The van der Waals surface area contributed by atoms with Gasteiger partial charge in [-0.1, -0.05) is 20.8 Å². The third-order valence-corrected chi connectivity index (χ3v) is 2.46. The second-order valence-electron chi connectivity index (χ2n) is 3.68. The van der Waals surface area contributed by atoms with E-state index in [1.54, 1.807) is 25.8 Å². The fourth-order valence-electron chi connectivity index (χ4n) is 1.22. The Kier molecular flexibility index (Phi) is 5.20. The molecule has 0 aliphatic carbocycles. The molecule has 0 aromatic rings. The van der Waals surface area contributed by atoms with Gasteiger partial charge in [-0.3, -0.25) is 9.59 Å². The highest BCUT2D eigenvalue weighted by molar-refractivity contribution is 5.84. The molecule has 0 saturated carbocycles. The third kappa shape index (κ3) is 3.36. The van der Waals surface area contributed by atoms with Crippen molar-refractivity contribution in [2.45, 2.75) is 27.2 Å². The molecule has 82 valence electrons. The predicted molar refractivity (Wildman–Crippen MR) is 53.9 cm³/mol. The number of carboxylic acid groups (broad SMARTS) is 1. The lowest BCUT2D eigenvalue weighted by Crippen LogP contribution is -2.37. The lowest BCUT2D eigenvalue weighted by atomic mass is 9.95. The Morgan fingerprint density at radius 2 is 1.79 bits per heavy atom. The molecule has 2 atom stereocenters. The van der Waals surface area contributed by atoms with Gasteiger partial charge in [-0.2, -0.15) is 0 Å². The third-order valence-electron chi connectivity index (χ3n) is 2.46. The first-order chi connectivity index (χ1) is 6.41. The molecule has 4 nitrogen and oxygen atoms in total. The summed E-state index contributed by atoms with van der Waals surface area (Å²) in [6.45, 7) is 5.88. The molecule has 14 heavy (non-hydrogen) atoms. The van der Waals surface area contributed by atoms with E-state index >= 15 is 0 Å². The topological polar surface area (TPSA) is 57.6 Å². The van der Waals surface area contributed by atoms with Crippen LogP contribution in [0, 0.1) is 11.8 Å². The number of hydrogen-bond acceptors (Lipinski definition) is 2. The van der Waals surface area contributed by atoms with Crippen molar-refractivity contribution in [1.82, 2.24) is 4.90 Å². The van der Waals surface area contributed by atoms with E-state index < -0.39 is 17.8 Å². The summed E-state index contributed by atoms with van der Waals surface area (Å²) >= 11 is 0. The van der Waals surface area contributed by atoms with E-state index in [9.17, 15) is 9.59 Å². The molecule has 0 fully saturated rings. The van der Waals surface area contributed by atoms with Gasteiger partial charge >= 0.3 is 5.97 Å². The number of aliphatic carboxylic acids is 1. The number of carboxylic acids is 1. The van der Waals surface area contributed by atoms with Crippen LogP contribution in [-0.2, 0) is 9.59 Å². The van der Waals surface area contributed by atoms with Crippen molar-refractivity contribution in [3.8, 4) is 0 Å². The zero-order valence-electron chi connectivity index (χ0n) is 9.28. The quantitative estimate of drug-likeness (QED) is 0.727. The lowest BCUT2D eigenvalue weighted by Gasteiger charge is -2.22. The average molecular weight is 201 g/mol. The fraction of sp³-hybridized carbons (Fsp3) is 0.800. The van der Waals surface area contributed by atoms with Gasteiger partial charge in [-0.25, -0.2) is 0 Å². The SMILES string of the molecule is CCCN(C)C(=O)C(C)C(C)C(=O)O. The number of carbonyl (C=O) groups excluding carboxylic acids is 1. The second kappa shape index (κ2) is 5.62. The second-order valence-corrected chi connectivity index (χ2v) is 3.68. The van der Waals surface area contributed by atoms with Crippen molar-refractivity contribution in [2.24, 2.45) is 11.8 Å². The molecule has 0 radical (unpaired) electrons. The minimum Gasteiger partial charge on any atom is -0.481 e. The number of nitrogens with zero attached hydrogens (tertiary/aromatic N) is 1. The maximum atomic E-state index is 11.6. The summed E-state index contributed by atoms with van der Waals surface area (Å²) in [6, 6.07) is 0. The van der Waals surface area contributed by atoms with E-state index in [0.717, 1.165) is 6.42 Å². The monoisotopic (exact) mass is 201 g/mol. The van der Waals surface area contributed by atoms with Crippen LogP contribution in [-0.4, -0.2) is 35.5 Å². The summed E-state index contributed by atoms with van der Waals surface area (Å²) in [6.07, 6.45) is 0.885. The Bertz CT molecular complexity index is 215. The smallest absolute Gasteiger partial charge is 0.307 e. The summed E-state index contributed by atoms with van der Waals surface area (Å²) in [7, 11) is 1.71. The number of hydrogen-bond donors (Lipinski definition) is 1. The maximum absolute atomic E-state index is 11.6. The number of amides is 1. The van der Waals surface area contributed by atoms with Gasteiger partial charge in [0.1, 0.15) is 0 Å². The molecule has 2 unspecified atom stereocenters. The average Bonchev–Trinajstić information content (AvgIpc) is 2.14. The standard InChI is InChI=1S/C10H19NO3/c1-5-6-11(4)9(12)7(2)8(3)10(13)14/h7-8H,5-6H2,1-4H3,(H,13,14). The summed E-state index contributed by atoms with van der Waals surface area (Å²) < 4.78 is 0. The van der Waals surface area contributed by atoms with E-state index in [4.69, 9.17) is 5.11 Å². The van der Waals surface area contributed by atoms with Crippen LogP contribution < -0.4 is 0 Å². The zero-order valence-corrected chi connectivity index (χ0v) is 9.28. The largest absolute Gasteiger partial charge is 0.481 e. The first kappa shape index (κ1) is 12.9. The van der Waals surface area contributed by atoms with Crippen molar-refractivity contribution in [1.29, 1.82) is 0 Å². The number of carbonyl (C=O) groups is 2. The van der Waals surface area contributed by atoms with Gasteiger partial charge in [0.25, 0.3) is 0 Å². The molecule has 1 N–H and O–H groups in total. The van der Waals surface area contributed by atoms with E-state index in [1.165, 1.54) is 0 Å². The highest BCUT2D eigenvalue weighted by Gasteiger charge is 2.27. The van der Waals surface area contributed by atoms with Crippen molar-refractivity contribution >= 4 is 11.9 Å². The lowest BCUT2D eigenvalue weighted by molar-refractivity contribution is -0.148. The fourth-order valence-corrected chi connectivity index (χ4v) is 1.22. The van der Waals surface area contributed by atoms with Crippen LogP contribution in [0.4, 0.5) is 0 Å². The van der Waals surface area contributed by atoms with Crippen LogP contribution in [0.3, 0.4) is 0 Å². The Labute approximate surface area is 84.9 Å². The van der Waals surface area contributed by atoms with Crippen molar-refractivity contribution in [3.05, 3.63) is 0 Å². The van der Waals surface area contributed by atoms with E-state index in [1.807, 2.05) is 6.92 Å². The maximum Gasteiger partial charge on any atom is 0.307 e. The summed E-state index contributed by atoms with van der Waals surface area (Å²) in [5.74, 6) is -2.09. The minimum absolute atomic E-state index is 0.0956. The van der Waals surface area contributed by atoms with Crippen molar-refractivity contribution < 1.29 is 14.7 Å². The highest BCUT2D eigenvalue weighted by Crippen LogP contribution is 2.13. The van der Waals surface area contributed by atoms with Crippen molar-refractivity contribution in [3.63, 3.8) is 0 Å². The Hall–Kier alpha value is -1.06. The van der Waals surface area contributed by atoms with Gasteiger partial charge in [0, 0.05) is 19.5 Å². The zero-order chi connectivity index (χ0) is 11.3. The summed E-state index contributed by atoms with van der Waals surface area (Å²) in [5.41, 5.74) is 0. The van der Waals surface area contributed by atoms with Gasteiger partial charge < -0.3 is 10.0 Å². The first-order valence-electron chi connectivity index (χ1n) is 4.89. The molecule has 0 aromatic carbocycles. The molecule has 0 rings (SSSR count). The van der Waals surface area contributed by atoms with Crippen LogP contribution in [0.2, 0.25) is 0 Å².